The number of aliphatic hydroxyl groups is 1. The lowest BCUT2D eigenvalue weighted by Crippen LogP contribution is -2.41. The lowest BCUT2D eigenvalue weighted by atomic mass is 9.93. The molecule has 3 atom stereocenters. The van der Waals surface area contributed by atoms with Crippen molar-refractivity contribution in [3.05, 3.63) is 0 Å². The molecule has 5 heteroatoms. The van der Waals surface area contributed by atoms with E-state index in [0.717, 1.165) is 13.0 Å². The molecule has 116 valence electrons. The van der Waals surface area contributed by atoms with Gasteiger partial charge in [0.25, 0.3) is 0 Å². The first-order valence-corrected chi connectivity index (χ1v) is 7.76. The van der Waals surface area contributed by atoms with Crippen LogP contribution >= 0.6 is 0 Å². The number of likely N-dealkylation sites (tertiary alicyclic amines) is 1. The number of rotatable bonds is 1. The summed E-state index contributed by atoms with van der Waals surface area (Å²) >= 11 is 0. The Morgan fingerprint density at radius 2 is 2.00 bits per heavy atom. The van der Waals surface area contributed by atoms with Gasteiger partial charge in [-0.25, -0.2) is 4.79 Å². The third-order valence-electron chi connectivity index (χ3n) is 4.10. The quantitative estimate of drug-likeness (QED) is 0.770. The maximum atomic E-state index is 12.1. The molecule has 0 aromatic heterocycles. The van der Waals surface area contributed by atoms with Gasteiger partial charge in [0.05, 0.1) is 12.6 Å². The highest BCUT2D eigenvalue weighted by Gasteiger charge is 2.40. The Kier molecular flexibility index (Phi) is 4.91. The molecule has 2 rings (SSSR count). The molecule has 2 aliphatic rings. The van der Waals surface area contributed by atoms with Crippen molar-refractivity contribution in [2.24, 2.45) is 5.92 Å². The van der Waals surface area contributed by atoms with Crippen molar-refractivity contribution in [1.82, 2.24) is 10.2 Å². The van der Waals surface area contributed by atoms with Gasteiger partial charge in [-0.3, -0.25) is 0 Å². The maximum Gasteiger partial charge on any atom is 0.410 e. The number of hydrogen-bond acceptors (Lipinski definition) is 4. The minimum atomic E-state index is -0.485. The Labute approximate surface area is 121 Å². The molecule has 1 unspecified atom stereocenters. The van der Waals surface area contributed by atoms with Crippen LogP contribution in [0.25, 0.3) is 0 Å². The fourth-order valence-corrected chi connectivity index (χ4v) is 3.10. The fourth-order valence-electron chi connectivity index (χ4n) is 3.10. The zero-order valence-electron chi connectivity index (χ0n) is 12.9. The SMILES string of the molecule is CC(C)(C)OC(=O)N1C[C@H](C2CCCCCN2)[C@@H](O)C1. The van der Waals surface area contributed by atoms with Crippen molar-refractivity contribution in [2.75, 3.05) is 19.6 Å². The molecule has 0 spiro atoms. The summed E-state index contributed by atoms with van der Waals surface area (Å²) < 4.78 is 5.39. The predicted molar refractivity (Wildman–Crippen MR) is 77.6 cm³/mol. The number of amides is 1. The number of hydrogen-bond donors (Lipinski definition) is 2. The van der Waals surface area contributed by atoms with Crippen LogP contribution in [0, 0.1) is 5.92 Å². The van der Waals surface area contributed by atoms with Crippen LogP contribution in [0.5, 0.6) is 0 Å². The summed E-state index contributed by atoms with van der Waals surface area (Å²) in [7, 11) is 0. The second-order valence-electron chi connectivity index (χ2n) is 7.03. The van der Waals surface area contributed by atoms with Crippen molar-refractivity contribution in [3.63, 3.8) is 0 Å². The number of carbonyl (C=O) groups is 1. The van der Waals surface area contributed by atoms with E-state index >= 15 is 0 Å². The fraction of sp³-hybridized carbons (Fsp3) is 0.933. The molecule has 2 fully saturated rings. The van der Waals surface area contributed by atoms with Crippen LogP contribution in [0.4, 0.5) is 4.79 Å². The third-order valence-corrected chi connectivity index (χ3v) is 4.10. The first kappa shape index (κ1) is 15.6. The normalized spacial score (nSPS) is 32.0. The lowest BCUT2D eigenvalue weighted by Gasteiger charge is -2.26. The van der Waals surface area contributed by atoms with Crippen molar-refractivity contribution >= 4 is 6.09 Å². The zero-order chi connectivity index (χ0) is 14.8. The van der Waals surface area contributed by atoms with Gasteiger partial charge in [0.15, 0.2) is 0 Å². The van der Waals surface area contributed by atoms with Crippen molar-refractivity contribution in [3.8, 4) is 0 Å². The standard InChI is InChI=1S/C15H28N2O3/c1-15(2,3)20-14(19)17-9-11(13(18)10-17)12-7-5-4-6-8-16-12/h11-13,16,18H,4-10H2,1-3H3/t11-,12?,13+/m1/s1. The van der Waals surface area contributed by atoms with Gasteiger partial charge < -0.3 is 20.1 Å². The molecule has 0 radical (unpaired) electrons. The van der Waals surface area contributed by atoms with E-state index in [1.165, 1.54) is 19.3 Å². The van der Waals surface area contributed by atoms with E-state index in [2.05, 4.69) is 5.32 Å². The second-order valence-corrected chi connectivity index (χ2v) is 7.03. The van der Waals surface area contributed by atoms with Gasteiger partial charge >= 0.3 is 6.09 Å². The Hall–Kier alpha value is -0.810. The number of β-amino-alcohol motifs (C(OH)–C–C–N with tert-alkyl or cyclic N) is 1. The summed E-state index contributed by atoms with van der Waals surface area (Å²) in [6.45, 7) is 7.58. The van der Waals surface area contributed by atoms with E-state index in [1.807, 2.05) is 20.8 Å². The van der Waals surface area contributed by atoms with Crippen molar-refractivity contribution < 1.29 is 14.6 Å². The van der Waals surface area contributed by atoms with Gasteiger partial charge in [-0.1, -0.05) is 12.8 Å². The van der Waals surface area contributed by atoms with Crippen LogP contribution in [0.1, 0.15) is 46.5 Å². The molecule has 2 N–H and O–H groups in total. The van der Waals surface area contributed by atoms with E-state index < -0.39 is 11.7 Å². The number of nitrogens with one attached hydrogen (secondary N) is 1. The molecule has 0 aromatic rings. The summed E-state index contributed by atoms with van der Waals surface area (Å²) in [5.74, 6) is 0.126. The van der Waals surface area contributed by atoms with E-state index in [0.29, 0.717) is 19.1 Å². The summed E-state index contributed by atoms with van der Waals surface area (Å²) in [5, 5.41) is 13.8. The molecule has 0 bridgehead atoms. The molecule has 0 saturated carbocycles. The van der Waals surface area contributed by atoms with Gasteiger partial charge in [-0.05, 0) is 40.2 Å². The van der Waals surface area contributed by atoms with E-state index in [4.69, 9.17) is 4.74 Å². The first-order valence-electron chi connectivity index (χ1n) is 7.76. The van der Waals surface area contributed by atoms with E-state index in [9.17, 15) is 9.90 Å². The maximum absolute atomic E-state index is 12.1. The lowest BCUT2D eigenvalue weighted by molar-refractivity contribution is 0.0269. The highest BCUT2D eigenvalue weighted by atomic mass is 16.6. The van der Waals surface area contributed by atoms with Crippen LogP contribution in [-0.4, -0.2) is 53.5 Å². The average Bonchev–Trinajstić information content (AvgIpc) is 2.57. The molecular weight excluding hydrogens is 256 g/mol. The number of aliphatic hydroxyl groups excluding tert-OH is 1. The summed E-state index contributed by atoms with van der Waals surface area (Å²) in [5.41, 5.74) is -0.485. The van der Waals surface area contributed by atoms with Crippen LogP contribution < -0.4 is 5.32 Å². The molecule has 0 aliphatic carbocycles. The number of nitrogens with zero attached hydrogens (tertiary/aromatic N) is 1. The monoisotopic (exact) mass is 284 g/mol. The van der Waals surface area contributed by atoms with E-state index in [1.54, 1.807) is 4.90 Å². The number of ether oxygens (including phenoxy) is 1. The molecular formula is C15H28N2O3. The molecule has 2 aliphatic heterocycles. The van der Waals surface area contributed by atoms with Gasteiger partial charge in [0, 0.05) is 18.5 Å². The Balaban J connectivity index is 1.92. The largest absolute Gasteiger partial charge is 0.444 e. The topological polar surface area (TPSA) is 61.8 Å². The van der Waals surface area contributed by atoms with Crippen molar-refractivity contribution in [1.29, 1.82) is 0 Å². The minimum Gasteiger partial charge on any atom is -0.444 e. The Bertz CT molecular complexity index is 333. The van der Waals surface area contributed by atoms with Gasteiger partial charge in [0.2, 0.25) is 0 Å². The van der Waals surface area contributed by atoms with E-state index in [-0.39, 0.29) is 12.0 Å². The van der Waals surface area contributed by atoms with Crippen molar-refractivity contribution in [2.45, 2.75) is 64.2 Å². The summed E-state index contributed by atoms with van der Waals surface area (Å²) in [6.07, 6.45) is 3.99. The smallest absolute Gasteiger partial charge is 0.410 e. The van der Waals surface area contributed by atoms with Gasteiger partial charge in [0.1, 0.15) is 5.60 Å². The molecule has 1 amide bonds. The Morgan fingerprint density at radius 3 is 2.70 bits per heavy atom. The molecule has 2 heterocycles. The molecule has 0 aromatic carbocycles. The van der Waals surface area contributed by atoms with Gasteiger partial charge in [-0.15, -0.1) is 0 Å². The van der Waals surface area contributed by atoms with Crippen LogP contribution in [0.2, 0.25) is 0 Å². The summed E-state index contributed by atoms with van der Waals surface area (Å²) in [6, 6.07) is 0.319. The average molecular weight is 284 g/mol. The second kappa shape index (κ2) is 6.31. The predicted octanol–water partition coefficient (Wildman–Crippen LogP) is 1.75. The third kappa shape index (κ3) is 4.09. The molecule has 2 saturated heterocycles. The minimum absolute atomic E-state index is 0.126. The van der Waals surface area contributed by atoms with Crippen LogP contribution in [0.15, 0.2) is 0 Å². The summed E-state index contributed by atoms with van der Waals surface area (Å²) in [4.78, 5) is 13.7. The first-order chi connectivity index (χ1) is 9.37. The van der Waals surface area contributed by atoms with Gasteiger partial charge in [-0.2, -0.15) is 0 Å². The van der Waals surface area contributed by atoms with Crippen LogP contribution in [-0.2, 0) is 4.74 Å². The number of carbonyl (C=O) groups excluding carboxylic acids is 1. The molecule has 20 heavy (non-hydrogen) atoms. The van der Waals surface area contributed by atoms with Crippen LogP contribution in [0.3, 0.4) is 0 Å². The zero-order valence-corrected chi connectivity index (χ0v) is 12.9. The Morgan fingerprint density at radius 1 is 1.25 bits per heavy atom. The molecule has 5 nitrogen and oxygen atoms in total. The highest BCUT2D eigenvalue weighted by Crippen LogP contribution is 2.26. The highest BCUT2D eigenvalue weighted by molar-refractivity contribution is 5.68.